The standard InChI is InChI=1S/C21H21NO6S/c1-27-18-5-3-4-15(12-18)6-9-21(24)28-14-20(23)17-7-8-19-16(13-17)10-11-22(19)29(2,25)26/h3-9,12-13H,10-11,14H2,1-2H3/b9-6+. The Morgan fingerprint density at radius 1 is 1.17 bits per heavy atom. The average Bonchev–Trinajstić information content (AvgIpc) is 3.14. The molecule has 0 unspecified atom stereocenters. The van der Waals surface area contributed by atoms with Gasteiger partial charge in [0.15, 0.2) is 12.4 Å². The molecule has 3 rings (SSSR count). The Balaban J connectivity index is 1.59. The number of benzene rings is 2. The first kappa shape index (κ1) is 20.6. The number of anilines is 1. The molecule has 2 aromatic rings. The summed E-state index contributed by atoms with van der Waals surface area (Å²) in [7, 11) is -1.78. The molecule has 0 aliphatic carbocycles. The summed E-state index contributed by atoms with van der Waals surface area (Å²) in [5.41, 5.74) is 2.51. The topological polar surface area (TPSA) is 90.0 Å². The minimum absolute atomic E-state index is 0.353. The van der Waals surface area contributed by atoms with E-state index in [9.17, 15) is 18.0 Å². The van der Waals surface area contributed by atoms with Crippen LogP contribution in [0, 0.1) is 0 Å². The number of ketones is 1. The molecule has 0 amide bonds. The van der Waals surface area contributed by atoms with Gasteiger partial charge in [-0.1, -0.05) is 12.1 Å². The molecule has 1 aliphatic heterocycles. The number of carbonyl (C=O) groups excluding carboxylic acids is 2. The summed E-state index contributed by atoms with van der Waals surface area (Å²) in [6, 6.07) is 12.0. The molecule has 0 atom stereocenters. The first-order valence-electron chi connectivity index (χ1n) is 8.90. The van der Waals surface area contributed by atoms with Crippen LogP contribution in [0.5, 0.6) is 5.75 Å². The zero-order valence-electron chi connectivity index (χ0n) is 16.1. The number of sulfonamides is 1. The zero-order chi connectivity index (χ0) is 21.0. The molecule has 2 aromatic carbocycles. The number of hydrogen-bond donors (Lipinski definition) is 0. The van der Waals surface area contributed by atoms with Gasteiger partial charge in [-0.3, -0.25) is 9.10 Å². The van der Waals surface area contributed by atoms with Crippen molar-refractivity contribution in [2.45, 2.75) is 6.42 Å². The van der Waals surface area contributed by atoms with Crippen LogP contribution < -0.4 is 9.04 Å². The SMILES string of the molecule is COc1cccc(/C=C/C(=O)OCC(=O)c2ccc3c(c2)CCN3S(C)(=O)=O)c1. The summed E-state index contributed by atoms with van der Waals surface area (Å²) in [5.74, 6) is -0.318. The number of hydrogen-bond acceptors (Lipinski definition) is 6. The third-order valence-corrected chi connectivity index (χ3v) is 5.69. The van der Waals surface area contributed by atoms with Gasteiger partial charge in [-0.2, -0.15) is 0 Å². The molecule has 0 saturated heterocycles. The van der Waals surface area contributed by atoms with Crippen molar-refractivity contribution in [1.29, 1.82) is 0 Å². The van der Waals surface area contributed by atoms with Crippen LogP contribution in [0.3, 0.4) is 0 Å². The van der Waals surface area contributed by atoms with E-state index in [-0.39, 0.29) is 5.78 Å². The molecule has 1 aliphatic rings. The fourth-order valence-electron chi connectivity index (χ4n) is 3.07. The Morgan fingerprint density at radius 2 is 1.97 bits per heavy atom. The summed E-state index contributed by atoms with van der Waals surface area (Å²) >= 11 is 0. The van der Waals surface area contributed by atoms with E-state index in [1.807, 2.05) is 6.07 Å². The van der Waals surface area contributed by atoms with Crippen molar-refractivity contribution in [3.8, 4) is 5.75 Å². The fourth-order valence-corrected chi connectivity index (χ4v) is 4.03. The van der Waals surface area contributed by atoms with Crippen LogP contribution >= 0.6 is 0 Å². The van der Waals surface area contributed by atoms with Gasteiger partial charge in [0.2, 0.25) is 10.0 Å². The van der Waals surface area contributed by atoms with Crippen LogP contribution in [0.15, 0.2) is 48.5 Å². The van der Waals surface area contributed by atoms with E-state index in [2.05, 4.69) is 0 Å². The summed E-state index contributed by atoms with van der Waals surface area (Å²) in [5, 5.41) is 0. The number of carbonyl (C=O) groups is 2. The van der Waals surface area contributed by atoms with Gasteiger partial charge in [0.05, 0.1) is 19.1 Å². The monoisotopic (exact) mass is 415 g/mol. The van der Waals surface area contributed by atoms with Gasteiger partial charge in [0.25, 0.3) is 0 Å². The van der Waals surface area contributed by atoms with Gasteiger partial charge >= 0.3 is 5.97 Å². The van der Waals surface area contributed by atoms with Crippen LogP contribution in [0.1, 0.15) is 21.5 Å². The molecule has 29 heavy (non-hydrogen) atoms. The Kier molecular flexibility index (Phi) is 6.03. The third-order valence-electron chi connectivity index (χ3n) is 4.51. The van der Waals surface area contributed by atoms with Gasteiger partial charge in [-0.25, -0.2) is 13.2 Å². The van der Waals surface area contributed by atoms with Gasteiger partial charge in [0, 0.05) is 18.2 Å². The number of nitrogens with zero attached hydrogens (tertiary/aromatic N) is 1. The number of fused-ring (bicyclic) bond motifs is 1. The largest absolute Gasteiger partial charge is 0.497 e. The van der Waals surface area contributed by atoms with Crippen molar-refractivity contribution < 1.29 is 27.5 Å². The van der Waals surface area contributed by atoms with Crippen molar-refractivity contribution in [2.75, 3.05) is 30.8 Å². The van der Waals surface area contributed by atoms with Gasteiger partial charge < -0.3 is 9.47 Å². The molecule has 7 nitrogen and oxygen atoms in total. The van der Waals surface area contributed by atoms with E-state index in [0.717, 1.165) is 17.4 Å². The van der Waals surface area contributed by atoms with Crippen LogP contribution in [0.4, 0.5) is 5.69 Å². The Bertz CT molecular complexity index is 1070. The maximum absolute atomic E-state index is 12.3. The smallest absolute Gasteiger partial charge is 0.331 e. The van der Waals surface area contributed by atoms with Crippen molar-refractivity contribution in [3.63, 3.8) is 0 Å². The highest BCUT2D eigenvalue weighted by molar-refractivity contribution is 7.92. The lowest BCUT2D eigenvalue weighted by Gasteiger charge is -2.16. The first-order valence-corrected chi connectivity index (χ1v) is 10.8. The summed E-state index contributed by atoms with van der Waals surface area (Å²) < 4.78 is 35.0. The van der Waals surface area contributed by atoms with E-state index in [4.69, 9.17) is 9.47 Å². The van der Waals surface area contributed by atoms with E-state index in [1.165, 1.54) is 10.4 Å². The minimum Gasteiger partial charge on any atom is -0.497 e. The highest BCUT2D eigenvalue weighted by atomic mass is 32.2. The molecular formula is C21H21NO6S. The highest BCUT2D eigenvalue weighted by Gasteiger charge is 2.26. The molecule has 0 N–H and O–H groups in total. The zero-order valence-corrected chi connectivity index (χ0v) is 16.9. The Labute approximate surface area is 169 Å². The van der Waals surface area contributed by atoms with Crippen molar-refractivity contribution in [2.24, 2.45) is 0 Å². The van der Waals surface area contributed by atoms with Crippen molar-refractivity contribution in [1.82, 2.24) is 0 Å². The van der Waals surface area contributed by atoms with E-state index < -0.39 is 22.6 Å². The molecule has 0 aromatic heterocycles. The number of methoxy groups -OCH3 is 1. The maximum atomic E-state index is 12.3. The highest BCUT2D eigenvalue weighted by Crippen LogP contribution is 2.30. The van der Waals surface area contributed by atoms with Crippen molar-refractivity contribution >= 4 is 33.5 Å². The minimum atomic E-state index is -3.34. The first-order chi connectivity index (χ1) is 13.8. The van der Waals surface area contributed by atoms with E-state index >= 15 is 0 Å². The van der Waals surface area contributed by atoms with Crippen LogP contribution in [-0.2, 0) is 26.0 Å². The Morgan fingerprint density at radius 3 is 2.69 bits per heavy atom. The predicted molar refractivity (Wildman–Crippen MR) is 110 cm³/mol. The molecule has 8 heteroatoms. The van der Waals surface area contributed by atoms with Crippen LogP contribution in [0.2, 0.25) is 0 Å². The lowest BCUT2D eigenvalue weighted by atomic mass is 10.1. The number of ether oxygens (including phenoxy) is 2. The number of Topliss-reactive ketones (excluding diaryl/α,β-unsaturated/α-hetero) is 1. The number of rotatable bonds is 7. The third kappa shape index (κ3) is 5.03. The lowest BCUT2D eigenvalue weighted by molar-refractivity contribution is -0.136. The molecule has 152 valence electrons. The van der Waals surface area contributed by atoms with E-state index in [1.54, 1.807) is 49.6 Å². The molecule has 0 radical (unpaired) electrons. The maximum Gasteiger partial charge on any atom is 0.331 e. The number of esters is 1. The summed E-state index contributed by atoms with van der Waals surface area (Å²) in [6.45, 7) is -0.0360. The molecule has 0 fully saturated rings. The van der Waals surface area contributed by atoms with Crippen LogP contribution in [-0.4, -0.2) is 46.7 Å². The predicted octanol–water partition coefficient (Wildman–Crippen LogP) is 2.46. The normalized spacial score (nSPS) is 13.4. The second-order valence-corrected chi connectivity index (χ2v) is 8.48. The van der Waals surface area contributed by atoms with Gasteiger partial charge in [-0.15, -0.1) is 0 Å². The summed E-state index contributed by atoms with van der Waals surface area (Å²) in [6.07, 6.45) is 4.51. The molecule has 0 saturated carbocycles. The Hall–Kier alpha value is -3.13. The summed E-state index contributed by atoms with van der Waals surface area (Å²) in [4.78, 5) is 24.2. The van der Waals surface area contributed by atoms with Crippen LogP contribution in [0.25, 0.3) is 6.08 Å². The molecular weight excluding hydrogens is 394 g/mol. The van der Waals surface area contributed by atoms with Crippen molar-refractivity contribution in [3.05, 3.63) is 65.2 Å². The fraction of sp³-hybridized carbons (Fsp3) is 0.238. The molecule has 0 bridgehead atoms. The average molecular weight is 415 g/mol. The second-order valence-electron chi connectivity index (χ2n) is 6.57. The second kappa shape index (κ2) is 8.48. The van der Waals surface area contributed by atoms with E-state index in [0.29, 0.717) is 30.0 Å². The lowest BCUT2D eigenvalue weighted by Crippen LogP contribution is -2.27. The molecule has 1 heterocycles. The van der Waals surface area contributed by atoms with Gasteiger partial charge in [0.1, 0.15) is 5.75 Å². The molecule has 0 spiro atoms. The van der Waals surface area contributed by atoms with Gasteiger partial charge in [-0.05, 0) is 54.0 Å². The quantitative estimate of drug-likeness (QED) is 0.392.